The second-order valence-electron chi connectivity index (χ2n) is 6.03. The first kappa shape index (κ1) is 17.2. The lowest BCUT2D eigenvalue weighted by molar-refractivity contribution is -0.126. The summed E-state index contributed by atoms with van der Waals surface area (Å²) in [6.07, 6.45) is -1.13. The molecule has 27 heavy (non-hydrogen) atoms. The standard InChI is InChI=1S/C19H13ClN2O5/c1-26-13-8-6-12(7-9-13)22-18(24)14-15(21-27-17(14)19(22)25)16(23)10-2-4-11(20)5-3-10/h2-9,14,17H,1H3/t14-,17-/m1/s1. The molecule has 2 aromatic rings. The fourth-order valence-electron chi connectivity index (χ4n) is 3.10. The predicted octanol–water partition coefficient (Wildman–Crippen LogP) is 2.48. The maximum absolute atomic E-state index is 12.9. The first-order valence-corrected chi connectivity index (χ1v) is 8.45. The number of imide groups is 1. The first-order chi connectivity index (χ1) is 13.0. The Morgan fingerprint density at radius 1 is 1.07 bits per heavy atom. The topological polar surface area (TPSA) is 85.3 Å². The molecule has 1 fully saturated rings. The van der Waals surface area contributed by atoms with Crippen molar-refractivity contribution >= 4 is 40.6 Å². The van der Waals surface area contributed by atoms with E-state index in [9.17, 15) is 14.4 Å². The van der Waals surface area contributed by atoms with Crippen molar-refractivity contribution in [2.45, 2.75) is 6.10 Å². The third-order valence-corrected chi connectivity index (χ3v) is 4.73. The molecule has 136 valence electrons. The van der Waals surface area contributed by atoms with Crippen LogP contribution in [0.25, 0.3) is 0 Å². The van der Waals surface area contributed by atoms with Gasteiger partial charge in [-0.05, 0) is 48.5 Å². The number of hydrogen-bond acceptors (Lipinski definition) is 6. The molecule has 8 heteroatoms. The number of Topliss-reactive ketones (excluding diaryl/α,β-unsaturated/α-hetero) is 1. The van der Waals surface area contributed by atoms with Crippen LogP contribution >= 0.6 is 11.6 Å². The number of ether oxygens (including phenoxy) is 1. The number of fused-ring (bicyclic) bond motifs is 1. The molecule has 2 amide bonds. The number of benzene rings is 2. The molecule has 0 unspecified atom stereocenters. The maximum atomic E-state index is 12.9. The molecular formula is C19H13ClN2O5. The van der Waals surface area contributed by atoms with Gasteiger partial charge in [0.1, 0.15) is 17.4 Å². The first-order valence-electron chi connectivity index (χ1n) is 8.07. The van der Waals surface area contributed by atoms with E-state index < -0.39 is 29.6 Å². The second kappa shape index (κ2) is 6.51. The van der Waals surface area contributed by atoms with Crippen molar-refractivity contribution in [1.82, 2.24) is 0 Å². The molecule has 0 radical (unpaired) electrons. The zero-order valence-electron chi connectivity index (χ0n) is 14.1. The van der Waals surface area contributed by atoms with Crippen LogP contribution < -0.4 is 9.64 Å². The van der Waals surface area contributed by atoms with Crippen molar-refractivity contribution in [2.24, 2.45) is 11.1 Å². The molecule has 0 saturated carbocycles. The van der Waals surface area contributed by atoms with E-state index >= 15 is 0 Å². The van der Waals surface area contributed by atoms with Crippen LogP contribution in [0.4, 0.5) is 5.69 Å². The van der Waals surface area contributed by atoms with Crippen molar-refractivity contribution in [3.8, 4) is 5.75 Å². The molecule has 2 aromatic carbocycles. The van der Waals surface area contributed by atoms with Gasteiger partial charge in [0.2, 0.25) is 17.8 Å². The maximum Gasteiger partial charge on any atom is 0.278 e. The Morgan fingerprint density at radius 3 is 2.37 bits per heavy atom. The van der Waals surface area contributed by atoms with Crippen molar-refractivity contribution in [3.63, 3.8) is 0 Å². The van der Waals surface area contributed by atoms with Crippen LogP contribution in [-0.4, -0.2) is 36.5 Å². The van der Waals surface area contributed by atoms with E-state index in [1.54, 1.807) is 36.4 Å². The Kier molecular flexibility index (Phi) is 4.16. The second-order valence-corrected chi connectivity index (χ2v) is 6.46. The van der Waals surface area contributed by atoms with Gasteiger partial charge in [0.05, 0.1) is 12.8 Å². The Labute approximate surface area is 159 Å². The van der Waals surface area contributed by atoms with Crippen LogP contribution in [0.5, 0.6) is 5.75 Å². The van der Waals surface area contributed by atoms with E-state index in [0.29, 0.717) is 22.0 Å². The molecule has 1 saturated heterocycles. The average molecular weight is 385 g/mol. The minimum atomic E-state index is -1.13. The molecule has 0 N–H and O–H groups in total. The number of carbonyl (C=O) groups is 3. The molecule has 2 aliphatic rings. The summed E-state index contributed by atoms with van der Waals surface area (Å²) in [5.74, 6) is -2.05. The lowest BCUT2D eigenvalue weighted by Crippen LogP contribution is -2.34. The van der Waals surface area contributed by atoms with Gasteiger partial charge < -0.3 is 9.57 Å². The van der Waals surface area contributed by atoms with Crippen LogP contribution in [-0.2, 0) is 14.4 Å². The number of oxime groups is 1. The Bertz CT molecular complexity index is 969. The number of anilines is 1. The molecule has 4 rings (SSSR count). The van der Waals surface area contributed by atoms with Crippen LogP contribution in [0.3, 0.4) is 0 Å². The Morgan fingerprint density at radius 2 is 1.74 bits per heavy atom. The highest BCUT2D eigenvalue weighted by molar-refractivity contribution is 6.52. The lowest BCUT2D eigenvalue weighted by Gasteiger charge is -2.15. The lowest BCUT2D eigenvalue weighted by atomic mass is 9.93. The van der Waals surface area contributed by atoms with E-state index in [2.05, 4.69) is 5.16 Å². The van der Waals surface area contributed by atoms with Gasteiger partial charge in [0.15, 0.2) is 0 Å². The fourth-order valence-corrected chi connectivity index (χ4v) is 3.23. The number of ketones is 1. The number of hydrogen-bond donors (Lipinski definition) is 0. The summed E-state index contributed by atoms with van der Waals surface area (Å²) in [5, 5.41) is 4.20. The molecule has 0 bridgehead atoms. The monoisotopic (exact) mass is 384 g/mol. The van der Waals surface area contributed by atoms with Crippen LogP contribution in [0.15, 0.2) is 53.7 Å². The highest BCUT2D eigenvalue weighted by Gasteiger charge is 2.57. The molecule has 2 atom stereocenters. The van der Waals surface area contributed by atoms with Crippen molar-refractivity contribution in [3.05, 3.63) is 59.1 Å². The normalized spacial score (nSPS) is 21.0. The predicted molar refractivity (Wildman–Crippen MR) is 97.1 cm³/mol. The molecule has 0 aliphatic carbocycles. The summed E-state index contributed by atoms with van der Waals surface area (Å²) in [6.45, 7) is 0. The minimum Gasteiger partial charge on any atom is -0.497 e. The highest BCUT2D eigenvalue weighted by Crippen LogP contribution is 2.34. The van der Waals surface area contributed by atoms with E-state index in [-0.39, 0.29) is 5.71 Å². The zero-order valence-corrected chi connectivity index (χ0v) is 14.8. The molecule has 7 nitrogen and oxygen atoms in total. The van der Waals surface area contributed by atoms with Gasteiger partial charge in [0, 0.05) is 10.6 Å². The average Bonchev–Trinajstić information content (AvgIpc) is 3.22. The summed E-state index contributed by atoms with van der Waals surface area (Å²) in [4.78, 5) is 44.4. The summed E-state index contributed by atoms with van der Waals surface area (Å²) >= 11 is 5.84. The van der Waals surface area contributed by atoms with E-state index in [0.717, 1.165) is 4.90 Å². The number of rotatable bonds is 4. The van der Waals surface area contributed by atoms with Gasteiger partial charge in [-0.15, -0.1) is 0 Å². The van der Waals surface area contributed by atoms with Gasteiger partial charge in [-0.2, -0.15) is 0 Å². The number of nitrogens with zero attached hydrogens (tertiary/aromatic N) is 2. The van der Waals surface area contributed by atoms with Gasteiger partial charge in [0.25, 0.3) is 5.91 Å². The van der Waals surface area contributed by atoms with Gasteiger partial charge >= 0.3 is 0 Å². The number of methoxy groups -OCH3 is 1. The SMILES string of the molecule is COc1ccc(N2C(=O)[C@@H]3C(C(=O)c4ccc(Cl)cc4)=NO[C@H]3C2=O)cc1. The van der Waals surface area contributed by atoms with Gasteiger partial charge in [-0.3, -0.25) is 14.4 Å². The third kappa shape index (κ3) is 2.76. The molecule has 0 aromatic heterocycles. The minimum absolute atomic E-state index is 0.0864. The van der Waals surface area contributed by atoms with Crippen LogP contribution in [0.1, 0.15) is 10.4 Å². The third-order valence-electron chi connectivity index (χ3n) is 4.48. The van der Waals surface area contributed by atoms with Gasteiger partial charge in [-0.25, -0.2) is 4.90 Å². The van der Waals surface area contributed by atoms with E-state index in [4.69, 9.17) is 21.2 Å². The molecule has 0 spiro atoms. The van der Waals surface area contributed by atoms with Crippen molar-refractivity contribution < 1.29 is 24.0 Å². The summed E-state index contributed by atoms with van der Waals surface area (Å²) in [7, 11) is 1.52. The summed E-state index contributed by atoms with van der Waals surface area (Å²) in [5.41, 5.74) is 0.601. The molecular weight excluding hydrogens is 372 g/mol. The highest BCUT2D eigenvalue weighted by atomic mass is 35.5. The zero-order chi connectivity index (χ0) is 19.1. The smallest absolute Gasteiger partial charge is 0.278 e. The quantitative estimate of drug-likeness (QED) is 0.597. The Hall–Kier alpha value is -3.19. The Balaban J connectivity index is 1.63. The largest absolute Gasteiger partial charge is 0.497 e. The van der Waals surface area contributed by atoms with Crippen molar-refractivity contribution in [1.29, 1.82) is 0 Å². The fraction of sp³-hybridized carbons (Fsp3) is 0.158. The van der Waals surface area contributed by atoms with Crippen LogP contribution in [0, 0.1) is 5.92 Å². The number of halogens is 1. The van der Waals surface area contributed by atoms with Crippen LogP contribution in [0.2, 0.25) is 5.02 Å². The molecule has 2 aliphatic heterocycles. The van der Waals surface area contributed by atoms with E-state index in [1.807, 2.05) is 0 Å². The van der Waals surface area contributed by atoms with Gasteiger partial charge in [-0.1, -0.05) is 16.8 Å². The van der Waals surface area contributed by atoms with Crippen molar-refractivity contribution in [2.75, 3.05) is 12.0 Å². The summed E-state index contributed by atoms with van der Waals surface area (Å²) < 4.78 is 5.08. The van der Waals surface area contributed by atoms with E-state index in [1.165, 1.54) is 19.2 Å². The number of carbonyl (C=O) groups excluding carboxylic acids is 3. The molecule has 2 heterocycles. The summed E-state index contributed by atoms with van der Waals surface area (Å²) in [6, 6.07) is 12.6. The number of amides is 2.